The molecule has 0 atom stereocenters. The average molecular weight is 300 g/mol. The van der Waals surface area contributed by atoms with Crippen LogP contribution in [0.15, 0.2) is 12.1 Å². The molecule has 0 unspecified atom stereocenters. The molecule has 2 amide bonds. The largest absolute Gasteiger partial charge is 0.465 e. The van der Waals surface area contributed by atoms with Crippen LogP contribution in [-0.2, 0) is 4.74 Å². The molecule has 0 radical (unpaired) electrons. The van der Waals surface area contributed by atoms with E-state index >= 15 is 0 Å². The third-order valence-corrected chi connectivity index (χ3v) is 2.43. The molecule has 0 heterocycles. The van der Waals surface area contributed by atoms with Gasteiger partial charge in [0.1, 0.15) is 11.5 Å². The fourth-order valence-corrected chi connectivity index (χ4v) is 1.50. The molecular formula is C11H13FN4O5. The Morgan fingerprint density at radius 3 is 2.62 bits per heavy atom. The second-order valence-corrected chi connectivity index (χ2v) is 3.82. The third-order valence-electron chi connectivity index (χ3n) is 2.43. The van der Waals surface area contributed by atoms with E-state index in [9.17, 15) is 24.1 Å². The monoisotopic (exact) mass is 300 g/mol. The van der Waals surface area contributed by atoms with Crippen molar-refractivity contribution in [1.29, 1.82) is 0 Å². The van der Waals surface area contributed by atoms with Crippen molar-refractivity contribution in [3.05, 3.63) is 33.6 Å². The Morgan fingerprint density at radius 1 is 1.43 bits per heavy atom. The van der Waals surface area contributed by atoms with E-state index in [0.717, 1.165) is 13.2 Å². The summed E-state index contributed by atoms with van der Waals surface area (Å²) in [6, 6.07) is 0.847. The average Bonchev–Trinajstić information content (AvgIpc) is 2.43. The van der Waals surface area contributed by atoms with Crippen LogP contribution in [0.25, 0.3) is 0 Å². The van der Waals surface area contributed by atoms with Crippen LogP contribution in [0.3, 0.4) is 0 Å². The molecule has 0 fully saturated rings. The number of nitro benzene ring substituents is 1. The minimum absolute atomic E-state index is 0.0759. The summed E-state index contributed by atoms with van der Waals surface area (Å²) in [6.07, 6.45) is 0. The van der Waals surface area contributed by atoms with E-state index < -0.39 is 34.0 Å². The minimum Gasteiger partial charge on any atom is -0.465 e. The van der Waals surface area contributed by atoms with Gasteiger partial charge in [-0.05, 0) is 6.07 Å². The van der Waals surface area contributed by atoms with Crippen molar-refractivity contribution in [2.24, 2.45) is 5.73 Å². The summed E-state index contributed by atoms with van der Waals surface area (Å²) in [4.78, 5) is 31.9. The number of hydrogen-bond acceptors (Lipinski definition) is 6. The molecule has 0 saturated carbocycles. The Hall–Kier alpha value is -2.91. The number of amides is 2. The lowest BCUT2D eigenvalue weighted by atomic mass is 10.1. The van der Waals surface area contributed by atoms with Gasteiger partial charge in [0.2, 0.25) is 0 Å². The number of ether oxygens (including phenoxy) is 1. The van der Waals surface area contributed by atoms with Crippen molar-refractivity contribution >= 4 is 23.4 Å². The fraction of sp³-hybridized carbons (Fsp3) is 0.273. The van der Waals surface area contributed by atoms with Crippen LogP contribution in [0.2, 0.25) is 0 Å². The highest BCUT2D eigenvalue weighted by Gasteiger charge is 2.22. The van der Waals surface area contributed by atoms with Gasteiger partial charge in [-0.1, -0.05) is 0 Å². The smallest absolute Gasteiger partial charge is 0.340 e. The second kappa shape index (κ2) is 7.03. The van der Waals surface area contributed by atoms with Crippen LogP contribution < -0.4 is 16.4 Å². The van der Waals surface area contributed by atoms with Crippen molar-refractivity contribution in [3.63, 3.8) is 0 Å². The quantitative estimate of drug-likeness (QED) is 0.304. The molecule has 21 heavy (non-hydrogen) atoms. The molecule has 114 valence electrons. The Balaban J connectivity index is 3.00. The summed E-state index contributed by atoms with van der Waals surface area (Å²) in [5.74, 6) is -2.02. The summed E-state index contributed by atoms with van der Waals surface area (Å²) in [5, 5.41) is 15.7. The number of nitrogens with one attached hydrogen (secondary N) is 2. The number of benzene rings is 1. The number of esters is 1. The van der Waals surface area contributed by atoms with E-state index in [-0.39, 0.29) is 18.8 Å². The van der Waals surface area contributed by atoms with E-state index in [1.54, 1.807) is 0 Å². The molecule has 4 N–H and O–H groups in total. The summed E-state index contributed by atoms with van der Waals surface area (Å²) in [5.41, 5.74) is 3.80. The lowest BCUT2D eigenvalue weighted by Crippen LogP contribution is -2.33. The van der Waals surface area contributed by atoms with Crippen LogP contribution >= 0.6 is 0 Å². The van der Waals surface area contributed by atoms with E-state index in [1.807, 2.05) is 0 Å². The number of nitro groups is 1. The Labute approximate surface area is 118 Å². The number of hydrogen-bond donors (Lipinski definition) is 3. The van der Waals surface area contributed by atoms with Crippen LogP contribution in [-0.4, -0.2) is 37.1 Å². The Morgan fingerprint density at radius 2 is 2.10 bits per heavy atom. The van der Waals surface area contributed by atoms with Gasteiger partial charge < -0.3 is 21.1 Å². The van der Waals surface area contributed by atoms with Crippen molar-refractivity contribution in [1.82, 2.24) is 5.32 Å². The predicted octanol–water partition coefficient (Wildman–Crippen LogP) is 0.601. The lowest BCUT2D eigenvalue weighted by Gasteiger charge is -2.09. The molecule has 0 aromatic heterocycles. The maximum atomic E-state index is 13.6. The highest BCUT2D eigenvalue weighted by molar-refractivity contribution is 5.92. The van der Waals surface area contributed by atoms with E-state index in [4.69, 9.17) is 5.73 Å². The summed E-state index contributed by atoms with van der Waals surface area (Å²) >= 11 is 0. The third kappa shape index (κ3) is 4.30. The van der Waals surface area contributed by atoms with E-state index in [1.165, 1.54) is 0 Å². The predicted molar refractivity (Wildman–Crippen MR) is 70.5 cm³/mol. The van der Waals surface area contributed by atoms with Gasteiger partial charge in [0.25, 0.3) is 5.69 Å². The Kier molecular flexibility index (Phi) is 5.40. The summed E-state index contributed by atoms with van der Waals surface area (Å²) < 4.78 is 18.0. The fourth-order valence-electron chi connectivity index (χ4n) is 1.50. The number of carbonyl (C=O) groups is 2. The van der Waals surface area contributed by atoms with Gasteiger partial charge in [-0.2, -0.15) is 0 Å². The van der Waals surface area contributed by atoms with E-state index in [0.29, 0.717) is 6.07 Å². The van der Waals surface area contributed by atoms with Crippen LogP contribution in [0.4, 0.5) is 20.6 Å². The molecule has 0 spiro atoms. The highest BCUT2D eigenvalue weighted by atomic mass is 19.1. The Bertz CT molecular complexity index is 578. The van der Waals surface area contributed by atoms with Gasteiger partial charge in [-0.3, -0.25) is 10.1 Å². The minimum atomic E-state index is -1.06. The highest BCUT2D eigenvalue weighted by Crippen LogP contribution is 2.28. The number of halogens is 1. The van der Waals surface area contributed by atoms with E-state index in [2.05, 4.69) is 15.4 Å². The zero-order chi connectivity index (χ0) is 16.0. The topological polar surface area (TPSA) is 137 Å². The van der Waals surface area contributed by atoms with Gasteiger partial charge in [0.05, 0.1) is 23.7 Å². The van der Waals surface area contributed by atoms with Gasteiger partial charge in [0, 0.05) is 13.1 Å². The number of carbonyl (C=O) groups excluding carboxylic acids is 2. The molecule has 0 bridgehead atoms. The number of nitrogens with two attached hydrogens (primary N) is 1. The number of methoxy groups -OCH3 is 1. The molecule has 0 aliphatic carbocycles. The van der Waals surface area contributed by atoms with Crippen LogP contribution in [0.1, 0.15) is 10.4 Å². The molecule has 0 aliphatic rings. The van der Waals surface area contributed by atoms with Gasteiger partial charge >= 0.3 is 12.0 Å². The van der Waals surface area contributed by atoms with Gasteiger partial charge in [0.15, 0.2) is 0 Å². The molecular weight excluding hydrogens is 287 g/mol. The second-order valence-electron chi connectivity index (χ2n) is 3.82. The molecule has 10 heteroatoms. The number of urea groups is 1. The zero-order valence-corrected chi connectivity index (χ0v) is 11.0. The molecule has 9 nitrogen and oxygen atoms in total. The molecule has 1 rings (SSSR count). The van der Waals surface area contributed by atoms with Crippen molar-refractivity contribution in [3.8, 4) is 0 Å². The maximum absolute atomic E-state index is 13.6. The number of rotatable bonds is 6. The first kappa shape index (κ1) is 16.1. The lowest BCUT2D eigenvalue weighted by molar-refractivity contribution is -0.384. The SMILES string of the molecule is COC(=O)c1cc(NCCNC(N)=O)c([N+](=O)[O-])cc1F. The van der Waals surface area contributed by atoms with Crippen LogP contribution in [0.5, 0.6) is 0 Å². The van der Waals surface area contributed by atoms with Gasteiger partial charge in [-0.15, -0.1) is 0 Å². The van der Waals surface area contributed by atoms with Gasteiger partial charge in [-0.25, -0.2) is 14.0 Å². The van der Waals surface area contributed by atoms with Crippen molar-refractivity contribution < 1.29 is 23.6 Å². The molecule has 0 aliphatic heterocycles. The number of primary amides is 1. The molecule has 1 aromatic carbocycles. The summed E-state index contributed by atoms with van der Waals surface area (Å²) in [6.45, 7) is 0.188. The first-order valence-electron chi connectivity index (χ1n) is 5.70. The number of anilines is 1. The van der Waals surface area contributed by atoms with Crippen molar-refractivity contribution in [2.45, 2.75) is 0 Å². The maximum Gasteiger partial charge on any atom is 0.340 e. The standard InChI is InChI=1S/C11H13FN4O5/c1-21-10(17)6-4-8(14-2-3-15-11(13)18)9(16(19)20)5-7(6)12/h4-5,14H,2-3H2,1H3,(H3,13,15,18). The first-order chi connectivity index (χ1) is 9.86. The molecule has 0 saturated heterocycles. The molecule has 1 aromatic rings. The first-order valence-corrected chi connectivity index (χ1v) is 5.70. The summed E-state index contributed by atoms with van der Waals surface area (Å²) in [7, 11) is 1.06. The normalized spacial score (nSPS) is 9.81. The zero-order valence-electron chi connectivity index (χ0n) is 11.0. The van der Waals surface area contributed by atoms with Crippen molar-refractivity contribution in [2.75, 3.05) is 25.5 Å². The van der Waals surface area contributed by atoms with Crippen LogP contribution in [0, 0.1) is 15.9 Å². The number of nitrogens with zero attached hydrogens (tertiary/aromatic N) is 1.